The van der Waals surface area contributed by atoms with Gasteiger partial charge in [-0.1, -0.05) is 13.8 Å². The van der Waals surface area contributed by atoms with Crippen LogP contribution in [-0.4, -0.2) is 12.7 Å². The second-order valence-electron chi connectivity index (χ2n) is 4.20. The van der Waals surface area contributed by atoms with E-state index >= 15 is 0 Å². The fourth-order valence-electron chi connectivity index (χ4n) is 1.22. The molecule has 0 bridgehead atoms. The maximum Gasteiger partial charge on any atom is 0.145 e. The minimum Gasteiger partial charge on any atom is -0.492 e. The molecule has 90 valence electrons. The molecule has 16 heavy (non-hydrogen) atoms. The van der Waals surface area contributed by atoms with Crippen molar-refractivity contribution < 1.29 is 9.47 Å². The van der Waals surface area contributed by atoms with Gasteiger partial charge in [0.1, 0.15) is 11.5 Å². The molecule has 1 atom stereocenters. The monoisotopic (exact) mass is 223 g/mol. The number of anilines is 1. The molecule has 0 fully saturated rings. The topological polar surface area (TPSA) is 44.5 Å². The lowest BCUT2D eigenvalue weighted by Crippen LogP contribution is -2.18. The van der Waals surface area contributed by atoms with Crippen molar-refractivity contribution in [3.8, 4) is 11.5 Å². The number of benzene rings is 1. The first kappa shape index (κ1) is 12.7. The Kier molecular flexibility index (Phi) is 4.47. The smallest absolute Gasteiger partial charge is 0.145 e. The predicted molar refractivity (Wildman–Crippen MR) is 67.0 cm³/mol. The molecule has 0 heterocycles. The van der Waals surface area contributed by atoms with E-state index in [0.29, 0.717) is 24.0 Å². The molecule has 0 spiro atoms. The SMILES string of the molecule is CCOc1cc(OC(C)C(C)C)ccc1N. The molecule has 0 aliphatic rings. The van der Waals surface area contributed by atoms with Crippen LogP contribution in [-0.2, 0) is 0 Å². The van der Waals surface area contributed by atoms with Gasteiger partial charge in [-0.05, 0) is 31.9 Å². The van der Waals surface area contributed by atoms with Gasteiger partial charge in [-0.25, -0.2) is 0 Å². The van der Waals surface area contributed by atoms with Crippen molar-refractivity contribution in [3.63, 3.8) is 0 Å². The Bertz CT molecular complexity index is 337. The van der Waals surface area contributed by atoms with Crippen molar-refractivity contribution in [1.82, 2.24) is 0 Å². The van der Waals surface area contributed by atoms with Crippen LogP contribution in [0, 0.1) is 5.92 Å². The number of rotatable bonds is 5. The summed E-state index contributed by atoms with van der Waals surface area (Å²) in [7, 11) is 0. The first-order valence-corrected chi connectivity index (χ1v) is 5.73. The molecular weight excluding hydrogens is 202 g/mol. The average Bonchev–Trinajstić information content (AvgIpc) is 2.23. The predicted octanol–water partition coefficient (Wildman–Crippen LogP) is 3.09. The van der Waals surface area contributed by atoms with Crippen molar-refractivity contribution in [1.29, 1.82) is 0 Å². The van der Waals surface area contributed by atoms with Crippen LogP contribution in [0.15, 0.2) is 18.2 Å². The molecular formula is C13H21NO2. The molecule has 3 nitrogen and oxygen atoms in total. The van der Waals surface area contributed by atoms with E-state index in [1.54, 1.807) is 0 Å². The maximum absolute atomic E-state index is 5.79. The molecule has 0 radical (unpaired) electrons. The van der Waals surface area contributed by atoms with Gasteiger partial charge in [0, 0.05) is 6.07 Å². The normalized spacial score (nSPS) is 12.6. The zero-order chi connectivity index (χ0) is 12.1. The van der Waals surface area contributed by atoms with Gasteiger partial charge in [-0.15, -0.1) is 0 Å². The first-order valence-electron chi connectivity index (χ1n) is 5.73. The van der Waals surface area contributed by atoms with Gasteiger partial charge in [-0.3, -0.25) is 0 Å². The lowest BCUT2D eigenvalue weighted by atomic mass is 10.1. The standard InChI is InChI=1S/C13H21NO2/c1-5-15-13-8-11(6-7-12(13)14)16-10(4)9(2)3/h6-10H,5,14H2,1-4H3. The summed E-state index contributed by atoms with van der Waals surface area (Å²) in [5.41, 5.74) is 6.43. The highest BCUT2D eigenvalue weighted by Crippen LogP contribution is 2.28. The van der Waals surface area contributed by atoms with Crippen LogP contribution in [0.25, 0.3) is 0 Å². The van der Waals surface area contributed by atoms with Crippen LogP contribution in [0.3, 0.4) is 0 Å². The van der Waals surface area contributed by atoms with Crippen LogP contribution in [0.1, 0.15) is 27.7 Å². The Morgan fingerprint density at radius 2 is 1.94 bits per heavy atom. The molecule has 1 aromatic carbocycles. The van der Waals surface area contributed by atoms with Crippen LogP contribution < -0.4 is 15.2 Å². The molecule has 0 saturated carbocycles. The van der Waals surface area contributed by atoms with Gasteiger partial charge in [0.15, 0.2) is 0 Å². The third kappa shape index (κ3) is 3.33. The van der Waals surface area contributed by atoms with E-state index in [0.717, 1.165) is 5.75 Å². The number of ether oxygens (including phenoxy) is 2. The summed E-state index contributed by atoms with van der Waals surface area (Å²) in [5, 5.41) is 0. The molecule has 2 N–H and O–H groups in total. The molecule has 0 amide bonds. The Labute approximate surface area is 97.6 Å². The molecule has 0 aromatic heterocycles. The second-order valence-corrected chi connectivity index (χ2v) is 4.20. The van der Waals surface area contributed by atoms with E-state index in [4.69, 9.17) is 15.2 Å². The van der Waals surface area contributed by atoms with Gasteiger partial charge in [0.05, 0.1) is 18.4 Å². The van der Waals surface area contributed by atoms with E-state index in [9.17, 15) is 0 Å². The van der Waals surface area contributed by atoms with Crippen molar-refractivity contribution in [2.24, 2.45) is 5.92 Å². The Hall–Kier alpha value is -1.38. The summed E-state index contributed by atoms with van der Waals surface area (Å²) < 4.78 is 11.2. The van der Waals surface area contributed by atoms with E-state index in [2.05, 4.69) is 20.8 Å². The Balaban J connectivity index is 2.78. The van der Waals surface area contributed by atoms with Gasteiger partial charge in [-0.2, -0.15) is 0 Å². The van der Waals surface area contributed by atoms with E-state index < -0.39 is 0 Å². The highest BCUT2D eigenvalue weighted by atomic mass is 16.5. The molecule has 1 unspecified atom stereocenters. The highest BCUT2D eigenvalue weighted by Gasteiger charge is 2.10. The molecule has 3 heteroatoms. The minimum atomic E-state index is 0.179. The Morgan fingerprint density at radius 1 is 1.25 bits per heavy atom. The number of hydrogen-bond donors (Lipinski definition) is 1. The minimum absolute atomic E-state index is 0.179. The summed E-state index contributed by atoms with van der Waals surface area (Å²) in [6.07, 6.45) is 0.179. The van der Waals surface area contributed by atoms with Crippen LogP contribution in [0.5, 0.6) is 11.5 Å². The summed E-state index contributed by atoms with van der Waals surface area (Å²) in [6.45, 7) is 8.86. The Morgan fingerprint density at radius 3 is 2.50 bits per heavy atom. The molecule has 1 rings (SSSR count). The van der Waals surface area contributed by atoms with E-state index in [1.165, 1.54) is 0 Å². The van der Waals surface area contributed by atoms with E-state index in [1.807, 2.05) is 25.1 Å². The summed E-state index contributed by atoms with van der Waals surface area (Å²) >= 11 is 0. The van der Waals surface area contributed by atoms with Gasteiger partial charge >= 0.3 is 0 Å². The number of nitrogens with two attached hydrogens (primary N) is 1. The lowest BCUT2D eigenvalue weighted by Gasteiger charge is -2.19. The fourth-order valence-corrected chi connectivity index (χ4v) is 1.22. The van der Waals surface area contributed by atoms with Gasteiger partial charge < -0.3 is 15.2 Å². The van der Waals surface area contributed by atoms with Gasteiger partial charge in [0.25, 0.3) is 0 Å². The summed E-state index contributed by atoms with van der Waals surface area (Å²) in [4.78, 5) is 0. The third-order valence-corrected chi connectivity index (χ3v) is 2.55. The van der Waals surface area contributed by atoms with Crippen LogP contribution >= 0.6 is 0 Å². The second kappa shape index (κ2) is 5.64. The quantitative estimate of drug-likeness (QED) is 0.780. The molecule has 1 aromatic rings. The molecule has 0 aliphatic carbocycles. The average molecular weight is 223 g/mol. The van der Waals surface area contributed by atoms with Crippen molar-refractivity contribution >= 4 is 5.69 Å². The fraction of sp³-hybridized carbons (Fsp3) is 0.538. The molecule has 0 saturated heterocycles. The van der Waals surface area contributed by atoms with Crippen molar-refractivity contribution in [2.75, 3.05) is 12.3 Å². The number of hydrogen-bond acceptors (Lipinski definition) is 3. The van der Waals surface area contributed by atoms with Crippen molar-refractivity contribution in [2.45, 2.75) is 33.8 Å². The number of nitrogen functional groups attached to an aromatic ring is 1. The third-order valence-electron chi connectivity index (χ3n) is 2.55. The highest BCUT2D eigenvalue weighted by molar-refractivity contribution is 5.55. The largest absolute Gasteiger partial charge is 0.492 e. The summed E-state index contributed by atoms with van der Waals surface area (Å²) in [5.74, 6) is 1.97. The van der Waals surface area contributed by atoms with Crippen LogP contribution in [0.2, 0.25) is 0 Å². The summed E-state index contributed by atoms with van der Waals surface area (Å²) in [6, 6.07) is 5.53. The first-order chi connectivity index (χ1) is 7.54. The van der Waals surface area contributed by atoms with Crippen molar-refractivity contribution in [3.05, 3.63) is 18.2 Å². The van der Waals surface area contributed by atoms with Crippen LogP contribution in [0.4, 0.5) is 5.69 Å². The van der Waals surface area contributed by atoms with E-state index in [-0.39, 0.29) is 6.10 Å². The zero-order valence-corrected chi connectivity index (χ0v) is 10.5. The van der Waals surface area contributed by atoms with Gasteiger partial charge in [0.2, 0.25) is 0 Å². The zero-order valence-electron chi connectivity index (χ0n) is 10.5. The lowest BCUT2D eigenvalue weighted by molar-refractivity contribution is 0.170. The molecule has 0 aliphatic heterocycles. The maximum atomic E-state index is 5.79.